The Morgan fingerprint density at radius 1 is 1.31 bits per heavy atom. The van der Waals surface area contributed by atoms with Gasteiger partial charge in [0.2, 0.25) is 0 Å². The Hall–Kier alpha value is -0.750. The van der Waals surface area contributed by atoms with Crippen molar-refractivity contribution in [2.45, 2.75) is 6.04 Å². The van der Waals surface area contributed by atoms with Crippen molar-refractivity contribution in [3.05, 3.63) is 56.4 Å². The molecular formula is C11H10BrFN2S. The molecule has 0 fully saturated rings. The van der Waals surface area contributed by atoms with E-state index in [-0.39, 0.29) is 11.9 Å². The quantitative estimate of drug-likeness (QED) is 0.675. The molecule has 0 aliphatic rings. The van der Waals surface area contributed by atoms with Gasteiger partial charge in [0, 0.05) is 0 Å². The van der Waals surface area contributed by atoms with Crippen LogP contribution in [0.1, 0.15) is 17.2 Å². The van der Waals surface area contributed by atoms with Crippen LogP contribution in [0.4, 0.5) is 4.39 Å². The second-order valence-corrected chi connectivity index (χ2v) is 5.63. The fourth-order valence-corrected chi connectivity index (χ4v) is 2.75. The van der Waals surface area contributed by atoms with Crippen LogP contribution in [0, 0.1) is 5.82 Å². The Balaban J connectivity index is 2.36. The third kappa shape index (κ3) is 2.49. The second kappa shape index (κ2) is 5.05. The number of rotatable bonds is 3. The molecule has 1 aromatic carbocycles. The average molecular weight is 301 g/mol. The number of nitrogens with two attached hydrogens (primary N) is 1. The summed E-state index contributed by atoms with van der Waals surface area (Å²) in [5.74, 6) is 5.26. The maximum Gasteiger partial charge on any atom is 0.123 e. The Kier molecular flexibility index (Phi) is 3.70. The number of benzene rings is 1. The van der Waals surface area contributed by atoms with Crippen molar-refractivity contribution in [1.82, 2.24) is 5.43 Å². The minimum atomic E-state index is -0.257. The minimum Gasteiger partial charge on any atom is -0.271 e. The smallest absolute Gasteiger partial charge is 0.123 e. The van der Waals surface area contributed by atoms with Crippen LogP contribution in [-0.4, -0.2) is 0 Å². The van der Waals surface area contributed by atoms with Crippen molar-refractivity contribution in [3.8, 4) is 0 Å². The zero-order chi connectivity index (χ0) is 11.5. The molecule has 0 saturated heterocycles. The fraction of sp³-hybridized carbons (Fsp3) is 0.0909. The summed E-state index contributed by atoms with van der Waals surface area (Å²) in [6.07, 6.45) is 0. The molecule has 3 N–H and O–H groups in total. The van der Waals surface area contributed by atoms with Gasteiger partial charge in [-0.25, -0.2) is 9.82 Å². The molecule has 84 valence electrons. The lowest BCUT2D eigenvalue weighted by molar-refractivity contribution is 0.606. The highest BCUT2D eigenvalue weighted by atomic mass is 79.9. The molecule has 0 saturated carbocycles. The monoisotopic (exact) mass is 300 g/mol. The number of hydrazine groups is 1. The van der Waals surface area contributed by atoms with E-state index in [1.165, 1.54) is 12.1 Å². The third-order valence-corrected chi connectivity index (χ3v) is 3.79. The van der Waals surface area contributed by atoms with Crippen LogP contribution < -0.4 is 11.3 Å². The summed E-state index contributed by atoms with van der Waals surface area (Å²) < 4.78 is 14.1. The highest BCUT2D eigenvalue weighted by molar-refractivity contribution is 9.11. The first-order valence-corrected chi connectivity index (χ1v) is 6.33. The fourth-order valence-electron chi connectivity index (χ4n) is 1.55. The van der Waals surface area contributed by atoms with E-state index in [0.717, 1.165) is 14.9 Å². The summed E-state index contributed by atoms with van der Waals surface area (Å²) in [7, 11) is 0. The first-order chi connectivity index (χ1) is 7.70. The van der Waals surface area contributed by atoms with Crippen molar-refractivity contribution in [1.29, 1.82) is 0 Å². The largest absolute Gasteiger partial charge is 0.271 e. The number of halogens is 2. The molecule has 0 aliphatic heterocycles. The van der Waals surface area contributed by atoms with Crippen LogP contribution in [-0.2, 0) is 0 Å². The van der Waals surface area contributed by atoms with E-state index in [1.54, 1.807) is 17.4 Å². The Labute approximate surface area is 105 Å². The van der Waals surface area contributed by atoms with Crippen molar-refractivity contribution in [2.24, 2.45) is 5.84 Å². The SMILES string of the molecule is NNC(c1cccc(F)c1)c1csc(Br)c1. The molecule has 2 nitrogen and oxygen atoms in total. The zero-order valence-electron chi connectivity index (χ0n) is 8.28. The van der Waals surface area contributed by atoms with E-state index >= 15 is 0 Å². The highest BCUT2D eigenvalue weighted by Gasteiger charge is 2.14. The summed E-state index contributed by atoms with van der Waals surface area (Å²) in [6.45, 7) is 0. The number of hydrogen-bond donors (Lipinski definition) is 2. The van der Waals surface area contributed by atoms with Crippen molar-refractivity contribution in [3.63, 3.8) is 0 Å². The van der Waals surface area contributed by atoms with Crippen molar-refractivity contribution >= 4 is 27.3 Å². The first kappa shape index (κ1) is 11.7. The normalized spacial score (nSPS) is 12.7. The predicted molar refractivity (Wildman–Crippen MR) is 67.6 cm³/mol. The Morgan fingerprint density at radius 2 is 2.12 bits per heavy atom. The third-order valence-electron chi connectivity index (χ3n) is 2.27. The van der Waals surface area contributed by atoms with Crippen LogP contribution >= 0.6 is 27.3 Å². The number of hydrogen-bond acceptors (Lipinski definition) is 3. The molecule has 2 rings (SSSR count). The number of thiophene rings is 1. The summed E-state index contributed by atoms with van der Waals surface area (Å²) in [5.41, 5.74) is 4.53. The maximum absolute atomic E-state index is 13.1. The van der Waals surface area contributed by atoms with Gasteiger partial charge in [-0.2, -0.15) is 0 Å². The lowest BCUT2D eigenvalue weighted by atomic mass is 10.0. The molecule has 0 bridgehead atoms. The van der Waals surface area contributed by atoms with Gasteiger partial charge in [-0.05, 0) is 50.6 Å². The molecule has 0 amide bonds. The summed E-state index contributed by atoms with van der Waals surface area (Å²) >= 11 is 4.97. The molecule has 5 heteroatoms. The maximum atomic E-state index is 13.1. The van der Waals surface area contributed by atoms with Crippen LogP contribution in [0.15, 0.2) is 39.5 Å². The van der Waals surface area contributed by atoms with Gasteiger partial charge in [0.15, 0.2) is 0 Å². The Morgan fingerprint density at radius 3 is 2.69 bits per heavy atom. The minimum absolute atomic E-state index is 0.182. The van der Waals surface area contributed by atoms with Gasteiger partial charge in [0.1, 0.15) is 5.82 Å². The van der Waals surface area contributed by atoms with E-state index in [0.29, 0.717) is 0 Å². The van der Waals surface area contributed by atoms with Crippen LogP contribution in [0.3, 0.4) is 0 Å². The topological polar surface area (TPSA) is 38.0 Å². The van der Waals surface area contributed by atoms with Gasteiger partial charge in [-0.1, -0.05) is 12.1 Å². The van der Waals surface area contributed by atoms with Gasteiger partial charge in [0.05, 0.1) is 9.83 Å². The lowest BCUT2D eigenvalue weighted by Crippen LogP contribution is -2.28. The van der Waals surface area contributed by atoms with Crippen molar-refractivity contribution in [2.75, 3.05) is 0 Å². The summed E-state index contributed by atoms with van der Waals surface area (Å²) in [6, 6.07) is 8.21. The molecule has 1 aromatic heterocycles. The molecule has 0 spiro atoms. The molecule has 1 unspecified atom stereocenters. The van der Waals surface area contributed by atoms with Crippen molar-refractivity contribution < 1.29 is 4.39 Å². The van der Waals surface area contributed by atoms with E-state index in [4.69, 9.17) is 5.84 Å². The summed E-state index contributed by atoms with van der Waals surface area (Å²) in [4.78, 5) is 0. The van der Waals surface area contributed by atoms with E-state index in [1.807, 2.05) is 17.5 Å². The molecule has 16 heavy (non-hydrogen) atoms. The highest BCUT2D eigenvalue weighted by Crippen LogP contribution is 2.29. The molecule has 1 atom stereocenters. The predicted octanol–water partition coefficient (Wildman–Crippen LogP) is 3.20. The molecule has 0 radical (unpaired) electrons. The van der Waals surface area contributed by atoms with Gasteiger partial charge in [-0.3, -0.25) is 5.84 Å². The standard InChI is InChI=1S/C11H10BrFN2S/c12-10-5-8(6-16-10)11(15-14)7-2-1-3-9(13)4-7/h1-6,11,15H,14H2. The number of nitrogens with one attached hydrogen (secondary N) is 1. The van der Waals surface area contributed by atoms with E-state index in [9.17, 15) is 4.39 Å². The molecule has 2 aromatic rings. The van der Waals surface area contributed by atoms with Crippen LogP contribution in [0.25, 0.3) is 0 Å². The summed E-state index contributed by atoms with van der Waals surface area (Å²) in [5, 5.41) is 1.99. The lowest BCUT2D eigenvalue weighted by Gasteiger charge is -2.14. The van der Waals surface area contributed by atoms with Gasteiger partial charge >= 0.3 is 0 Å². The Bertz CT molecular complexity index is 486. The zero-order valence-corrected chi connectivity index (χ0v) is 10.7. The van der Waals surface area contributed by atoms with Crippen LogP contribution in [0.2, 0.25) is 0 Å². The van der Waals surface area contributed by atoms with Gasteiger partial charge < -0.3 is 0 Å². The molecule has 1 heterocycles. The van der Waals surface area contributed by atoms with E-state index < -0.39 is 0 Å². The van der Waals surface area contributed by atoms with Crippen LogP contribution in [0.5, 0.6) is 0 Å². The first-order valence-electron chi connectivity index (χ1n) is 4.66. The second-order valence-electron chi connectivity index (χ2n) is 3.34. The molecular weight excluding hydrogens is 291 g/mol. The average Bonchev–Trinajstić information content (AvgIpc) is 2.66. The van der Waals surface area contributed by atoms with E-state index in [2.05, 4.69) is 21.4 Å². The molecule has 0 aliphatic carbocycles. The van der Waals surface area contributed by atoms with Gasteiger partial charge in [0.25, 0.3) is 0 Å². The van der Waals surface area contributed by atoms with Gasteiger partial charge in [-0.15, -0.1) is 11.3 Å².